The lowest BCUT2D eigenvalue weighted by atomic mass is 9.74. The van der Waals surface area contributed by atoms with Crippen LogP contribution in [0.25, 0.3) is 61.2 Å². The number of aryl methyl sites for hydroxylation is 1. The number of benzene rings is 5. The van der Waals surface area contributed by atoms with Crippen molar-refractivity contribution in [3.05, 3.63) is 155 Å². The Kier molecular flexibility index (Phi) is 5.33. The van der Waals surface area contributed by atoms with Gasteiger partial charge in [-0.25, -0.2) is 0 Å². The standard InChI is InChI=1S/C44H33NO/c1-44(2)38-18-17-33-31-12-6-7-14-40(31)46-43(33)42(38)34-16-15-26(22-39(34)44)21-35-30-19-20-45-25-37(30)36-24-29(27-9-4-3-5-10-27)23-28-11-8-13-32(35)41(28)36/h3-6,8-13,15-20,22-25,35H,7,14,21H2,1-2H3. The third-order valence-corrected chi connectivity index (χ3v) is 10.9. The molecule has 1 unspecified atom stereocenters. The van der Waals surface area contributed by atoms with E-state index >= 15 is 0 Å². The van der Waals surface area contributed by atoms with Gasteiger partial charge in [0.2, 0.25) is 0 Å². The van der Waals surface area contributed by atoms with Gasteiger partial charge in [0.1, 0.15) is 11.3 Å². The molecule has 5 aromatic carbocycles. The summed E-state index contributed by atoms with van der Waals surface area (Å²) < 4.78 is 6.62. The maximum absolute atomic E-state index is 6.62. The highest BCUT2D eigenvalue weighted by Gasteiger charge is 2.38. The molecule has 46 heavy (non-hydrogen) atoms. The van der Waals surface area contributed by atoms with E-state index in [9.17, 15) is 0 Å². The van der Waals surface area contributed by atoms with E-state index in [1.165, 1.54) is 82.9 Å². The molecule has 10 rings (SSSR count). The Bertz CT molecular complexity index is 2420. The first-order valence-electron chi connectivity index (χ1n) is 16.5. The van der Waals surface area contributed by atoms with Gasteiger partial charge in [-0.3, -0.25) is 4.98 Å². The zero-order chi connectivity index (χ0) is 30.6. The van der Waals surface area contributed by atoms with E-state index in [1.807, 2.05) is 6.20 Å². The van der Waals surface area contributed by atoms with Gasteiger partial charge in [-0.15, -0.1) is 0 Å². The number of allylic oxidation sites excluding steroid dienone is 1. The summed E-state index contributed by atoms with van der Waals surface area (Å²) >= 11 is 0. The molecule has 7 aromatic rings. The Labute approximate surface area is 269 Å². The average Bonchev–Trinajstić information content (AvgIpc) is 3.59. The molecule has 2 heteroatoms. The van der Waals surface area contributed by atoms with Crippen LogP contribution in [0.2, 0.25) is 0 Å². The fourth-order valence-corrected chi connectivity index (χ4v) is 8.71. The van der Waals surface area contributed by atoms with E-state index in [0.29, 0.717) is 0 Å². The van der Waals surface area contributed by atoms with Gasteiger partial charge in [-0.1, -0.05) is 105 Å². The molecule has 2 heterocycles. The zero-order valence-electron chi connectivity index (χ0n) is 26.1. The van der Waals surface area contributed by atoms with Crippen molar-refractivity contribution in [1.29, 1.82) is 0 Å². The summed E-state index contributed by atoms with van der Waals surface area (Å²) in [6, 6.07) is 36.4. The molecule has 0 spiro atoms. The van der Waals surface area contributed by atoms with Crippen LogP contribution in [0.15, 0.2) is 120 Å². The van der Waals surface area contributed by atoms with E-state index in [1.54, 1.807) is 0 Å². The highest BCUT2D eigenvalue weighted by atomic mass is 16.3. The van der Waals surface area contributed by atoms with Crippen molar-refractivity contribution in [2.45, 2.75) is 44.4 Å². The molecule has 3 aliphatic carbocycles. The molecule has 220 valence electrons. The predicted octanol–water partition coefficient (Wildman–Crippen LogP) is 11.3. The third kappa shape index (κ3) is 3.56. The van der Waals surface area contributed by atoms with Crippen molar-refractivity contribution < 1.29 is 4.42 Å². The number of nitrogens with zero attached hydrogens (tertiary/aromatic N) is 1. The summed E-state index contributed by atoms with van der Waals surface area (Å²) in [7, 11) is 0. The van der Waals surface area contributed by atoms with Crippen LogP contribution in [0, 0.1) is 0 Å². The Morgan fingerprint density at radius 1 is 0.783 bits per heavy atom. The fraction of sp³-hybridized carbons (Fsp3) is 0.159. The molecule has 2 aromatic heterocycles. The molecule has 0 saturated heterocycles. The summed E-state index contributed by atoms with van der Waals surface area (Å²) in [4.78, 5) is 4.63. The Morgan fingerprint density at radius 2 is 1.70 bits per heavy atom. The molecule has 0 bridgehead atoms. The number of rotatable bonds is 3. The smallest absolute Gasteiger partial charge is 0.143 e. The molecule has 2 nitrogen and oxygen atoms in total. The van der Waals surface area contributed by atoms with E-state index in [-0.39, 0.29) is 11.3 Å². The van der Waals surface area contributed by atoms with Gasteiger partial charge >= 0.3 is 0 Å². The summed E-state index contributed by atoms with van der Waals surface area (Å²) in [5, 5.41) is 3.89. The highest BCUT2D eigenvalue weighted by Crippen LogP contribution is 2.54. The normalized spacial score (nSPS) is 16.7. The topological polar surface area (TPSA) is 26.0 Å². The van der Waals surface area contributed by atoms with E-state index < -0.39 is 0 Å². The Morgan fingerprint density at radius 3 is 2.61 bits per heavy atom. The monoisotopic (exact) mass is 591 g/mol. The van der Waals surface area contributed by atoms with Crippen LogP contribution in [0.1, 0.15) is 65.3 Å². The number of hydrogen-bond acceptors (Lipinski definition) is 2. The number of hydrogen-bond donors (Lipinski definition) is 0. The van der Waals surface area contributed by atoms with Crippen molar-refractivity contribution in [3.63, 3.8) is 0 Å². The van der Waals surface area contributed by atoms with Gasteiger partial charge in [0.05, 0.1) is 0 Å². The molecule has 0 N–H and O–H groups in total. The lowest BCUT2D eigenvalue weighted by molar-refractivity contribution is 0.546. The number of furan rings is 1. The van der Waals surface area contributed by atoms with Gasteiger partial charge in [0.25, 0.3) is 0 Å². The second-order valence-electron chi connectivity index (χ2n) is 13.8. The first kappa shape index (κ1) is 26.1. The molecule has 3 aliphatic rings. The summed E-state index contributed by atoms with van der Waals surface area (Å²) in [5.74, 6) is 1.38. The van der Waals surface area contributed by atoms with Crippen molar-refractivity contribution >= 4 is 27.8 Å². The molecular formula is C44H33NO. The SMILES string of the molecule is CC1(C)c2cc(CC3c4ccncc4-c4cc(-c5ccccc5)cc5cccc3c45)ccc2-c2c1ccc1c3c(oc21)CCC=C3. The molecule has 0 aliphatic heterocycles. The molecule has 0 saturated carbocycles. The van der Waals surface area contributed by atoms with Gasteiger partial charge in [0.15, 0.2) is 0 Å². The van der Waals surface area contributed by atoms with Crippen LogP contribution >= 0.6 is 0 Å². The summed E-state index contributed by atoms with van der Waals surface area (Å²) in [6.45, 7) is 4.75. The first-order chi connectivity index (χ1) is 22.6. The summed E-state index contributed by atoms with van der Waals surface area (Å²) in [5.41, 5.74) is 16.7. The Hall–Kier alpha value is -5.21. The third-order valence-electron chi connectivity index (χ3n) is 10.9. The van der Waals surface area contributed by atoms with E-state index in [4.69, 9.17) is 4.42 Å². The quantitative estimate of drug-likeness (QED) is 0.204. The van der Waals surface area contributed by atoms with Gasteiger partial charge in [0, 0.05) is 52.2 Å². The molecule has 0 amide bonds. The average molecular weight is 592 g/mol. The first-order valence-corrected chi connectivity index (χ1v) is 16.5. The fourth-order valence-electron chi connectivity index (χ4n) is 8.71. The maximum atomic E-state index is 6.62. The lowest BCUT2D eigenvalue weighted by Gasteiger charge is -2.30. The van der Waals surface area contributed by atoms with E-state index in [0.717, 1.165) is 30.6 Å². The van der Waals surface area contributed by atoms with Crippen LogP contribution < -0.4 is 0 Å². The van der Waals surface area contributed by atoms with Crippen LogP contribution in [-0.2, 0) is 18.3 Å². The Balaban J connectivity index is 1.11. The van der Waals surface area contributed by atoms with E-state index in [2.05, 4.69) is 134 Å². The largest absolute Gasteiger partial charge is 0.460 e. The van der Waals surface area contributed by atoms with Crippen LogP contribution in [0.4, 0.5) is 0 Å². The number of aromatic nitrogens is 1. The van der Waals surface area contributed by atoms with Gasteiger partial charge in [-0.05, 0) is 91.9 Å². The number of fused-ring (bicyclic) bond motifs is 9. The van der Waals surface area contributed by atoms with Gasteiger partial charge in [-0.2, -0.15) is 0 Å². The molecule has 1 atom stereocenters. The molecule has 0 radical (unpaired) electrons. The van der Waals surface area contributed by atoms with Crippen LogP contribution in [0.3, 0.4) is 0 Å². The molecule has 0 fully saturated rings. The van der Waals surface area contributed by atoms with Crippen LogP contribution in [-0.4, -0.2) is 4.98 Å². The zero-order valence-corrected chi connectivity index (χ0v) is 26.1. The summed E-state index contributed by atoms with van der Waals surface area (Å²) in [6.07, 6.45) is 11.5. The van der Waals surface area contributed by atoms with Crippen molar-refractivity contribution in [2.24, 2.45) is 0 Å². The lowest BCUT2D eigenvalue weighted by Crippen LogP contribution is -2.16. The predicted molar refractivity (Wildman–Crippen MR) is 189 cm³/mol. The minimum atomic E-state index is -0.104. The van der Waals surface area contributed by atoms with Gasteiger partial charge < -0.3 is 4.42 Å². The minimum absolute atomic E-state index is 0.104. The van der Waals surface area contributed by atoms with Crippen molar-refractivity contribution in [2.75, 3.05) is 0 Å². The van der Waals surface area contributed by atoms with Crippen molar-refractivity contribution in [3.8, 4) is 33.4 Å². The second-order valence-corrected chi connectivity index (χ2v) is 13.8. The highest BCUT2D eigenvalue weighted by molar-refractivity contribution is 6.05. The second kappa shape index (κ2) is 9.40. The minimum Gasteiger partial charge on any atom is -0.460 e. The number of pyridine rings is 1. The van der Waals surface area contributed by atoms with Crippen molar-refractivity contribution in [1.82, 2.24) is 4.98 Å². The molecular weight excluding hydrogens is 558 g/mol. The van der Waals surface area contributed by atoms with Crippen LogP contribution in [0.5, 0.6) is 0 Å². The maximum Gasteiger partial charge on any atom is 0.143 e.